The fourth-order valence-corrected chi connectivity index (χ4v) is 2.81. The number of hydrogen-bond donors (Lipinski definition) is 1. The van der Waals surface area contributed by atoms with Crippen LogP contribution in [0, 0.1) is 0 Å². The molecule has 0 aliphatic heterocycles. The molecule has 0 aromatic heterocycles. The first kappa shape index (κ1) is 19.1. The number of nitrogens with one attached hydrogen (secondary N) is 1. The van der Waals surface area contributed by atoms with Crippen molar-refractivity contribution < 1.29 is 19.0 Å². The Morgan fingerprint density at radius 1 is 0.750 bits per heavy atom. The minimum atomic E-state index is -0.313. The molecule has 144 valence electrons. The molecule has 1 N–H and O–H groups in total. The molecule has 0 saturated heterocycles. The van der Waals surface area contributed by atoms with Gasteiger partial charge in [-0.1, -0.05) is 36.4 Å². The van der Waals surface area contributed by atoms with Crippen LogP contribution in [0.15, 0.2) is 72.8 Å². The van der Waals surface area contributed by atoms with Crippen LogP contribution in [-0.4, -0.2) is 27.2 Å². The van der Waals surface area contributed by atoms with Crippen molar-refractivity contribution in [2.75, 3.05) is 26.3 Å². The predicted molar refractivity (Wildman–Crippen MR) is 109 cm³/mol. The van der Waals surface area contributed by atoms with Crippen molar-refractivity contribution in [1.82, 2.24) is 5.43 Å². The number of hydrazine groups is 1. The van der Waals surface area contributed by atoms with Gasteiger partial charge in [-0.25, -0.2) is 0 Å². The molecule has 0 unspecified atom stereocenters. The molecule has 1 amide bonds. The van der Waals surface area contributed by atoms with Crippen LogP contribution in [0.3, 0.4) is 0 Å². The number of methoxy groups -OCH3 is 3. The molecule has 0 atom stereocenters. The van der Waals surface area contributed by atoms with Crippen molar-refractivity contribution in [3.63, 3.8) is 0 Å². The molecule has 0 heterocycles. The SMILES string of the molecule is COc1cc(C(=O)NN(c2ccccc2)c2ccccc2)cc(OC)c1OC. The summed E-state index contributed by atoms with van der Waals surface area (Å²) in [6.07, 6.45) is 0. The zero-order valence-corrected chi connectivity index (χ0v) is 16.0. The molecule has 3 aromatic carbocycles. The van der Waals surface area contributed by atoms with Crippen molar-refractivity contribution in [2.45, 2.75) is 0 Å². The van der Waals surface area contributed by atoms with Crippen LogP contribution in [0.5, 0.6) is 17.2 Å². The standard InChI is InChI=1S/C22H22N2O4/c1-26-19-14-16(15-20(27-2)21(19)28-3)22(25)23-24(17-10-6-4-7-11-17)18-12-8-5-9-13-18/h4-15H,1-3H3,(H,23,25). The predicted octanol–water partition coefficient (Wildman–Crippen LogP) is 4.20. The summed E-state index contributed by atoms with van der Waals surface area (Å²) in [5.41, 5.74) is 4.99. The van der Waals surface area contributed by atoms with Gasteiger partial charge in [-0.05, 0) is 36.4 Å². The second-order valence-corrected chi connectivity index (χ2v) is 5.86. The Labute approximate surface area is 164 Å². The topological polar surface area (TPSA) is 60.0 Å². The highest BCUT2D eigenvalue weighted by molar-refractivity contribution is 5.97. The van der Waals surface area contributed by atoms with Crippen LogP contribution in [0.25, 0.3) is 0 Å². The average molecular weight is 378 g/mol. The molecular formula is C22H22N2O4. The van der Waals surface area contributed by atoms with Crippen LogP contribution < -0.4 is 24.6 Å². The van der Waals surface area contributed by atoms with E-state index < -0.39 is 0 Å². The van der Waals surface area contributed by atoms with E-state index in [1.807, 2.05) is 60.7 Å². The van der Waals surface area contributed by atoms with Gasteiger partial charge in [-0.15, -0.1) is 0 Å². The first-order valence-corrected chi connectivity index (χ1v) is 8.69. The Kier molecular flexibility index (Phi) is 6.01. The van der Waals surface area contributed by atoms with Gasteiger partial charge in [-0.2, -0.15) is 0 Å². The third-order valence-electron chi connectivity index (χ3n) is 4.17. The maximum Gasteiger partial charge on any atom is 0.270 e. The number of benzene rings is 3. The second-order valence-electron chi connectivity index (χ2n) is 5.86. The van der Waals surface area contributed by atoms with Gasteiger partial charge in [0, 0.05) is 5.56 Å². The number of rotatable bonds is 7. The lowest BCUT2D eigenvalue weighted by molar-refractivity contribution is 0.0953. The molecule has 3 rings (SSSR count). The van der Waals surface area contributed by atoms with E-state index in [2.05, 4.69) is 5.43 Å². The summed E-state index contributed by atoms with van der Waals surface area (Å²) in [4.78, 5) is 13.0. The summed E-state index contributed by atoms with van der Waals surface area (Å²) in [5, 5.41) is 1.73. The lowest BCUT2D eigenvalue weighted by Gasteiger charge is -2.25. The van der Waals surface area contributed by atoms with E-state index in [0.29, 0.717) is 22.8 Å². The fraction of sp³-hybridized carbons (Fsp3) is 0.136. The summed E-state index contributed by atoms with van der Waals surface area (Å²) >= 11 is 0. The van der Waals surface area contributed by atoms with Crippen LogP contribution in [0.2, 0.25) is 0 Å². The number of carbonyl (C=O) groups excluding carboxylic acids is 1. The average Bonchev–Trinajstić information content (AvgIpc) is 2.77. The smallest absolute Gasteiger partial charge is 0.270 e. The molecule has 0 fully saturated rings. The van der Waals surface area contributed by atoms with Gasteiger partial charge in [0.2, 0.25) is 5.75 Å². The summed E-state index contributed by atoms with van der Waals surface area (Å²) in [6, 6.07) is 22.4. The van der Waals surface area contributed by atoms with Gasteiger partial charge in [0.25, 0.3) is 5.91 Å². The summed E-state index contributed by atoms with van der Waals surface area (Å²) in [6.45, 7) is 0. The number of para-hydroxylation sites is 2. The third-order valence-corrected chi connectivity index (χ3v) is 4.17. The summed E-state index contributed by atoms with van der Waals surface area (Å²) < 4.78 is 16.0. The minimum absolute atomic E-state index is 0.313. The molecule has 0 bridgehead atoms. The Morgan fingerprint density at radius 3 is 1.61 bits per heavy atom. The van der Waals surface area contributed by atoms with Crippen LogP contribution >= 0.6 is 0 Å². The van der Waals surface area contributed by atoms with E-state index >= 15 is 0 Å². The fourth-order valence-electron chi connectivity index (χ4n) is 2.81. The van der Waals surface area contributed by atoms with E-state index in [0.717, 1.165) is 11.4 Å². The van der Waals surface area contributed by atoms with Crippen LogP contribution in [0.4, 0.5) is 11.4 Å². The molecule has 28 heavy (non-hydrogen) atoms. The Bertz CT molecular complexity index is 865. The quantitative estimate of drug-likeness (QED) is 0.625. The second kappa shape index (κ2) is 8.81. The molecule has 6 nitrogen and oxygen atoms in total. The van der Waals surface area contributed by atoms with Crippen molar-refractivity contribution in [2.24, 2.45) is 0 Å². The zero-order chi connectivity index (χ0) is 19.9. The van der Waals surface area contributed by atoms with E-state index in [4.69, 9.17) is 14.2 Å². The molecule has 0 radical (unpaired) electrons. The number of ether oxygens (including phenoxy) is 3. The monoisotopic (exact) mass is 378 g/mol. The largest absolute Gasteiger partial charge is 0.493 e. The molecule has 0 saturated carbocycles. The van der Waals surface area contributed by atoms with Gasteiger partial charge in [0.05, 0.1) is 32.7 Å². The molecule has 6 heteroatoms. The van der Waals surface area contributed by atoms with E-state index in [1.165, 1.54) is 21.3 Å². The Morgan fingerprint density at radius 2 is 1.21 bits per heavy atom. The molecule has 0 spiro atoms. The highest BCUT2D eigenvalue weighted by Crippen LogP contribution is 2.38. The van der Waals surface area contributed by atoms with Gasteiger partial charge >= 0.3 is 0 Å². The van der Waals surface area contributed by atoms with Gasteiger partial charge in [-0.3, -0.25) is 15.2 Å². The minimum Gasteiger partial charge on any atom is -0.493 e. The van der Waals surface area contributed by atoms with Gasteiger partial charge in [0.1, 0.15) is 0 Å². The molecule has 3 aromatic rings. The van der Waals surface area contributed by atoms with E-state index in [1.54, 1.807) is 17.1 Å². The maximum atomic E-state index is 13.0. The lowest BCUT2D eigenvalue weighted by atomic mass is 10.1. The number of hydrogen-bond acceptors (Lipinski definition) is 5. The van der Waals surface area contributed by atoms with Crippen molar-refractivity contribution >= 4 is 17.3 Å². The first-order valence-electron chi connectivity index (χ1n) is 8.69. The van der Waals surface area contributed by atoms with E-state index in [9.17, 15) is 4.79 Å². The summed E-state index contributed by atoms with van der Waals surface area (Å²) in [5.74, 6) is 0.951. The molecule has 0 aliphatic carbocycles. The Hall–Kier alpha value is -3.67. The number of anilines is 2. The van der Waals surface area contributed by atoms with Crippen molar-refractivity contribution in [1.29, 1.82) is 0 Å². The number of carbonyl (C=O) groups is 1. The van der Waals surface area contributed by atoms with Gasteiger partial charge in [0.15, 0.2) is 11.5 Å². The van der Waals surface area contributed by atoms with E-state index in [-0.39, 0.29) is 5.91 Å². The highest BCUT2D eigenvalue weighted by atomic mass is 16.5. The Balaban J connectivity index is 1.97. The number of amides is 1. The van der Waals surface area contributed by atoms with Gasteiger partial charge < -0.3 is 14.2 Å². The zero-order valence-electron chi connectivity index (χ0n) is 16.0. The summed E-state index contributed by atoms with van der Waals surface area (Å²) in [7, 11) is 4.55. The van der Waals surface area contributed by atoms with Crippen molar-refractivity contribution in [3.8, 4) is 17.2 Å². The first-order chi connectivity index (χ1) is 13.7. The highest BCUT2D eigenvalue weighted by Gasteiger charge is 2.19. The third kappa shape index (κ3) is 4.01. The molecule has 0 aliphatic rings. The maximum absolute atomic E-state index is 13.0. The van der Waals surface area contributed by atoms with Crippen LogP contribution in [-0.2, 0) is 0 Å². The molecular weight excluding hydrogens is 356 g/mol. The van der Waals surface area contributed by atoms with Crippen LogP contribution in [0.1, 0.15) is 10.4 Å². The normalized spacial score (nSPS) is 10.1. The lowest BCUT2D eigenvalue weighted by Crippen LogP contribution is -2.38. The number of nitrogens with zero attached hydrogens (tertiary/aromatic N) is 1. The van der Waals surface area contributed by atoms with Crippen molar-refractivity contribution in [3.05, 3.63) is 78.4 Å².